The van der Waals surface area contributed by atoms with Gasteiger partial charge in [-0.1, -0.05) is 23.7 Å². The van der Waals surface area contributed by atoms with E-state index in [0.717, 1.165) is 19.4 Å². The fraction of sp³-hybridized carbons (Fsp3) is 0.462. The van der Waals surface area contributed by atoms with Gasteiger partial charge in [0.25, 0.3) is 5.91 Å². The highest BCUT2D eigenvalue weighted by Crippen LogP contribution is 2.23. The molecule has 1 saturated heterocycles. The van der Waals surface area contributed by atoms with Crippen molar-refractivity contribution in [2.24, 2.45) is 5.73 Å². The smallest absolute Gasteiger partial charge is 0.260 e. The molecule has 1 aliphatic rings. The second kappa shape index (κ2) is 7.58. The molecule has 19 heavy (non-hydrogen) atoms. The summed E-state index contributed by atoms with van der Waals surface area (Å²) in [4.78, 5) is 13.8. The number of ether oxygens (including phenoxy) is 1. The van der Waals surface area contributed by atoms with Crippen LogP contribution in [0.3, 0.4) is 0 Å². The van der Waals surface area contributed by atoms with Crippen LogP contribution in [0.1, 0.15) is 12.8 Å². The number of nitrogens with zero attached hydrogens (tertiary/aromatic N) is 1. The monoisotopic (exact) mass is 304 g/mol. The van der Waals surface area contributed by atoms with E-state index in [4.69, 9.17) is 22.1 Å². The van der Waals surface area contributed by atoms with Crippen LogP contribution < -0.4 is 10.5 Å². The van der Waals surface area contributed by atoms with Crippen molar-refractivity contribution >= 4 is 29.9 Å². The number of amides is 1. The zero-order valence-corrected chi connectivity index (χ0v) is 12.1. The minimum absolute atomic E-state index is 0. The Bertz CT molecular complexity index is 429. The van der Waals surface area contributed by atoms with Gasteiger partial charge in [-0.15, -0.1) is 12.4 Å². The lowest BCUT2D eigenvalue weighted by Crippen LogP contribution is -2.42. The number of para-hydroxylation sites is 1. The molecule has 4 nitrogen and oxygen atoms in total. The zero-order chi connectivity index (χ0) is 13.0. The number of hydrogen-bond donors (Lipinski definition) is 1. The fourth-order valence-corrected chi connectivity index (χ4v) is 2.38. The minimum atomic E-state index is -0.0251. The SMILES string of the molecule is Cl.NCC1CCCN1C(=O)COc1ccccc1Cl. The molecule has 1 amide bonds. The summed E-state index contributed by atoms with van der Waals surface area (Å²) in [6.07, 6.45) is 1.99. The van der Waals surface area contributed by atoms with Gasteiger partial charge in [-0.05, 0) is 25.0 Å². The Morgan fingerprint density at radius 3 is 2.89 bits per heavy atom. The molecular weight excluding hydrogens is 287 g/mol. The molecule has 2 rings (SSSR count). The summed E-state index contributed by atoms with van der Waals surface area (Å²) in [6, 6.07) is 7.29. The lowest BCUT2D eigenvalue weighted by Gasteiger charge is -2.23. The van der Waals surface area contributed by atoms with Crippen molar-refractivity contribution in [2.75, 3.05) is 19.7 Å². The van der Waals surface area contributed by atoms with E-state index in [2.05, 4.69) is 0 Å². The number of likely N-dealkylation sites (tertiary alicyclic amines) is 1. The molecule has 0 aliphatic carbocycles. The zero-order valence-electron chi connectivity index (χ0n) is 10.5. The van der Waals surface area contributed by atoms with Crippen LogP contribution in [0.4, 0.5) is 0 Å². The topological polar surface area (TPSA) is 55.6 Å². The van der Waals surface area contributed by atoms with Gasteiger partial charge < -0.3 is 15.4 Å². The van der Waals surface area contributed by atoms with Crippen LogP contribution in [-0.2, 0) is 4.79 Å². The Kier molecular flexibility index (Phi) is 6.42. The van der Waals surface area contributed by atoms with Crippen molar-refractivity contribution < 1.29 is 9.53 Å². The summed E-state index contributed by atoms with van der Waals surface area (Å²) in [5, 5.41) is 0.516. The van der Waals surface area contributed by atoms with Crippen molar-refractivity contribution in [3.8, 4) is 5.75 Å². The Morgan fingerprint density at radius 1 is 1.47 bits per heavy atom. The summed E-state index contributed by atoms with van der Waals surface area (Å²) in [6.45, 7) is 1.30. The molecule has 0 aromatic heterocycles. The maximum Gasteiger partial charge on any atom is 0.260 e. The van der Waals surface area contributed by atoms with Crippen molar-refractivity contribution in [3.63, 3.8) is 0 Å². The Hall–Kier alpha value is -0.970. The number of carbonyl (C=O) groups is 1. The van der Waals surface area contributed by atoms with Gasteiger partial charge in [0.2, 0.25) is 0 Å². The number of nitrogens with two attached hydrogens (primary N) is 1. The Balaban J connectivity index is 0.00000180. The lowest BCUT2D eigenvalue weighted by molar-refractivity contribution is -0.134. The number of halogens is 2. The van der Waals surface area contributed by atoms with E-state index in [9.17, 15) is 4.79 Å². The molecule has 1 heterocycles. The molecule has 6 heteroatoms. The van der Waals surface area contributed by atoms with Crippen LogP contribution in [-0.4, -0.2) is 36.5 Å². The van der Waals surface area contributed by atoms with Gasteiger partial charge in [0.15, 0.2) is 6.61 Å². The average Bonchev–Trinajstić information content (AvgIpc) is 2.86. The molecule has 1 fully saturated rings. The molecule has 0 bridgehead atoms. The van der Waals surface area contributed by atoms with Crippen LogP contribution in [0.5, 0.6) is 5.75 Å². The molecule has 0 spiro atoms. The first kappa shape index (κ1) is 16.1. The van der Waals surface area contributed by atoms with E-state index in [1.54, 1.807) is 17.0 Å². The molecule has 1 aromatic rings. The molecule has 106 valence electrons. The van der Waals surface area contributed by atoms with Gasteiger partial charge in [-0.25, -0.2) is 0 Å². The second-order valence-electron chi connectivity index (χ2n) is 4.34. The van der Waals surface area contributed by atoms with Crippen LogP contribution >= 0.6 is 24.0 Å². The lowest BCUT2D eigenvalue weighted by atomic mass is 10.2. The number of benzene rings is 1. The molecule has 0 saturated carbocycles. The third kappa shape index (κ3) is 4.00. The third-order valence-corrected chi connectivity index (χ3v) is 3.47. The molecule has 1 aliphatic heterocycles. The fourth-order valence-electron chi connectivity index (χ4n) is 2.19. The predicted octanol–water partition coefficient (Wildman–Crippen LogP) is 2.09. The van der Waals surface area contributed by atoms with E-state index in [1.807, 2.05) is 12.1 Å². The molecule has 2 N–H and O–H groups in total. The molecule has 1 aromatic carbocycles. The first-order chi connectivity index (χ1) is 8.72. The van der Waals surface area contributed by atoms with Crippen LogP contribution in [0.15, 0.2) is 24.3 Å². The number of rotatable bonds is 4. The summed E-state index contributed by atoms with van der Waals surface area (Å²) < 4.78 is 5.44. The van der Waals surface area contributed by atoms with Crippen LogP contribution in [0, 0.1) is 0 Å². The largest absolute Gasteiger partial charge is 0.482 e. The second-order valence-corrected chi connectivity index (χ2v) is 4.75. The average molecular weight is 305 g/mol. The highest BCUT2D eigenvalue weighted by atomic mass is 35.5. The van der Waals surface area contributed by atoms with Crippen molar-refractivity contribution in [3.05, 3.63) is 29.3 Å². The Morgan fingerprint density at radius 2 is 2.21 bits per heavy atom. The maximum absolute atomic E-state index is 12.0. The van der Waals surface area contributed by atoms with Crippen molar-refractivity contribution in [1.29, 1.82) is 0 Å². The summed E-state index contributed by atoms with van der Waals surface area (Å²) >= 11 is 5.95. The van der Waals surface area contributed by atoms with Gasteiger partial charge in [-0.3, -0.25) is 4.79 Å². The van der Waals surface area contributed by atoms with Crippen molar-refractivity contribution in [1.82, 2.24) is 4.90 Å². The molecular formula is C13H18Cl2N2O2. The van der Waals surface area contributed by atoms with Gasteiger partial charge >= 0.3 is 0 Å². The first-order valence-electron chi connectivity index (χ1n) is 6.09. The number of carbonyl (C=O) groups excluding carboxylic acids is 1. The normalized spacial score (nSPS) is 18.0. The Labute approximate surface area is 124 Å². The van der Waals surface area contributed by atoms with E-state index >= 15 is 0 Å². The standard InChI is InChI=1S/C13H17ClN2O2.ClH/c14-11-5-1-2-6-12(11)18-9-13(17)16-7-3-4-10(16)8-15;/h1-2,5-6,10H,3-4,7-9,15H2;1H. The summed E-state index contributed by atoms with van der Waals surface area (Å²) in [5.74, 6) is 0.513. The maximum atomic E-state index is 12.0. The predicted molar refractivity (Wildman–Crippen MR) is 78.0 cm³/mol. The summed E-state index contributed by atoms with van der Waals surface area (Å²) in [5.41, 5.74) is 5.64. The minimum Gasteiger partial charge on any atom is -0.482 e. The molecule has 1 unspecified atom stereocenters. The van der Waals surface area contributed by atoms with Gasteiger partial charge in [-0.2, -0.15) is 0 Å². The highest BCUT2D eigenvalue weighted by Gasteiger charge is 2.27. The third-order valence-electron chi connectivity index (χ3n) is 3.16. The van der Waals surface area contributed by atoms with Gasteiger partial charge in [0.1, 0.15) is 5.75 Å². The first-order valence-corrected chi connectivity index (χ1v) is 6.47. The number of hydrogen-bond acceptors (Lipinski definition) is 3. The van der Waals surface area contributed by atoms with E-state index in [0.29, 0.717) is 17.3 Å². The van der Waals surface area contributed by atoms with Gasteiger partial charge in [0, 0.05) is 19.1 Å². The quantitative estimate of drug-likeness (QED) is 0.926. The molecule has 1 atom stereocenters. The van der Waals surface area contributed by atoms with Crippen molar-refractivity contribution in [2.45, 2.75) is 18.9 Å². The highest BCUT2D eigenvalue weighted by molar-refractivity contribution is 6.32. The van der Waals surface area contributed by atoms with E-state index in [1.165, 1.54) is 0 Å². The summed E-state index contributed by atoms with van der Waals surface area (Å²) in [7, 11) is 0. The van der Waals surface area contributed by atoms with E-state index < -0.39 is 0 Å². The van der Waals surface area contributed by atoms with E-state index in [-0.39, 0.29) is 31.0 Å². The van der Waals surface area contributed by atoms with Gasteiger partial charge in [0.05, 0.1) is 5.02 Å². The van der Waals surface area contributed by atoms with Crippen LogP contribution in [0.25, 0.3) is 0 Å². The van der Waals surface area contributed by atoms with Crippen LogP contribution in [0.2, 0.25) is 5.02 Å². The molecule has 0 radical (unpaired) electrons.